The highest BCUT2D eigenvalue weighted by atomic mass is 32.1. The number of rotatable bonds is 5. The molecular formula is C13H21N3OS. The number of hydrogen-bond acceptors (Lipinski definition) is 4. The lowest BCUT2D eigenvalue weighted by molar-refractivity contribution is -0.126. The predicted octanol–water partition coefficient (Wildman–Crippen LogP) is 1.64. The summed E-state index contributed by atoms with van der Waals surface area (Å²) in [5.41, 5.74) is 6.53. The number of aryl methyl sites for hydroxylation is 1. The Kier molecular flexibility index (Phi) is 4.35. The molecule has 0 atom stereocenters. The number of nitrogens with zero attached hydrogens (tertiary/aromatic N) is 1. The van der Waals surface area contributed by atoms with Gasteiger partial charge in [-0.25, -0.2) is 4.98 Å². The molecule has 1 fully saturated rings. The number of aromatic nitrogens is 1. The van der Waals surface area contributed by atoms with Crippen molar-refractivity contribution in [3.05, 3.63) is 16.1 Å². The van der Waals surface area contributed by atoms with Gasteiger partial charge in [0.1, 0.15) is 0 Å². The molecule has 100 valence electrons. The SMILES string of the molecule is CCc1nc(CCNC(=O)C2(N)CCCC2)cs1. The summed E-state index contributed by atoms with van der Waals surface area (Å²) >= 11 is 1.68. The molecule has 0 aromatic carbocycles. The van der Waals surface area contributed by atoms with Gasteiger partial charge in [-0.3, -0.25) is 4.79 Å². The van der Waals surface area contributed by atoms with E-state index in [9.17, 15) is 4.79 Å². The molecule has 1 aromatic heterocycles. The Balaban J connectivity index is 1.76. The molecule has 18 heavy (non-hydrogen) atoms. The lowest BCUT2D eigenvalue weighted by atomic mass is 9.98. The van der Waals surface area contributed by atoms with Gasteiger partial charge >= 0.3 is 0 Å². The summed E-state index contributed by atoms with van der Waals surface area (Å²) in [7, 11) is 0. The van der Waals surface area contributed by atoms with E-state index in [0.717, 1.165) is 49.2 Å². The second-order valence-electron chi connectivity index (χ2n) is 4.96. The van der Waals surface area contributed by atoms with Crippen LogP contribution in [-0.4, -0.2) is 23.0 Å². The van der Waals surface area contributed by atoms with E-state index >= 15 is 0 Å². The molecule has 1 amide bonds. The monoisotopic (exact) mass is 267 g/mol. The lowest BCUT2D eigenvalue weighted by Gasteiger charge is -2.22. The van der Waals surface area contributed by atoms with Crippen molar-refractivity contribution in [2.45, 2.75) is 51.0 Å². The first-order chi connectivity index (χ1) is 8.64. The highest BCUT2D eigenvalue weighted by molar-refractivity contribution is 7.09. The molecule has 0 radical (unpaired) electrons. The molecule has 0 saturated heterocycles. The van der Waals surface area contributed by atoms with Crippen molar-refractivity contribution in [3.63, 3.8) is 0 Å². The first-order valence-corrected chi connectivity index (χ1v) is 7.52. The summed E-state index contributed by atoms with van der Waals surface area (Å²) in [5, 5.41) is 6.16. The van der Waals surface area contributed by atoms with Crippen LogP contribution in [-0.2, 0) is 17.6 Å². The summed E-state index contributed by atoms with van der Waals surface area (Å²) < 4.78 is 0. The number of amides is 1. The van der Waals surface area contributed by atoms with Crippen molar-refractivity contribution in [1.29, 1.82) is 0 Å². The average Bonchev–Trinajstić information content (AvgIpc) is 2.99. The zero-order valence-electron chi connectivity index (χ0n) is 10.9. The first-order valence-electron chi connectivity index (χ1n) is 6.64. The maximum Gasteiger partial charge on any atom is 0.240 e. The topological polar surface area (TPSA) is 68.0 Å². The number of hydrogen-bond donors (Lipinski definition) is 2. The highest BCUT2D eigenvalue weighted by Gasteiger charge is 2.36. The molecule has 1 heterocycles. The van der Waals surface area contributed by atoms with Crippen LogP contribution < -0.4 is 11.1 Å². The summed E-state index contributed by atoms with van der Waals surface area (Å²) in [4.78, 5) is 16.4. The molecule has 4 nitrogen and oxygen atoms in total. The Hall–Kier alpha value is -0.940. The van der Waals surface area contributed by atoms with Crippen LogP contribution in [0.1, 0.15) is 43.3 Å². The largest absolute Gasteiger partial charge is 0.354 e. The molecule has 1 aliphatic carbocycles. The molecule has 5 heteroatoms. The van der Waals surface area contributed by atoms with Crippen molar-refractivity contribution in [1.82, 2.24) is 10.3 Å². The number of nitrogens with one attached hydrogen (secondary N) is 1. The summed E-state index contributed by atoms with van der Waals surface area (Å²) in [5.74, 6) is 0.00550. The van der Waals surface area contributed by atoms with E-state index < -0.39 is 5.54 Å². The normalized spacial score (nSPS) is 17.9. The van der Waals surface area contributed by atoms with Crippen LogP contribution in [0.4, 0.5) is 0 Å². The van der Waals surface area contributed by atoms with Gasteiger partial charge in [0.05, 0.1) is 16.2 Å². The molecule has 0 bridgehead atoms. The second-order valence-corrected chi connectivity index (χ2v) is 5.90. The minimum Gasteiger partial charge on any atom is -0.354 e. The smallest absolute Gasteiger partial charge is 0.240 e. The van der Waals surface area contributed by atoms with E-state index in [1.807, 2.05) is 0 Å². The quantitative estimate of drug-likeness (QED) is 0.852. The molecule has 1 aliphatic rings. The van der Waals surface area contributed by atoms with Crippen molar-refractivity contribution >= 4 is 17.2 Å². The Bertz CT molecular complexity index is 410. The van der Waals surface area contributed by atoms with E-state index in [4.69, 9.17) is 5.73 Å². The number of thiazole rings is 1. The van der Waals surface area contributed by atoms with Crippen LogP contribution in [0.25, 0.3) is 0 Å². The number of carbonyl (C=O) groups is 1. The highest BCUT2D eigenvalue weighted by Crippen LogP contribution is 2.27. The summed E-state index contributed by atoms with van der Waals surface area (Å²) in [6.07, 6.45) is 5.53. The van der Waals surface area contributed by atoms with E-state index in [1.54, 1.807) is 11.3 Å². The van der Waals surface area contributed by atoms with E-state index in [-0.39, 0.29) is 5.91 Å². The Morgan fingerprint density at radius 3 is 2.89 bits per heavy atom. The number of nitrogens with two attached hydrogens (primary N) is 1. The summed E-state index contributed by atoms with van der Waals surface area (Å²) in [6.45, 7) is 2.73. The molecule has 0 spiro atoms. The van der Waals surface area contributed by atoms with E-state index in [1.165, 1.54) is 0 Å². The van der Waals surface area contributed by atoms with Crippen LogP contribution in [0.2, 0.25) is 0 Å². The Morgan fingerprint density at radius 1 is 1.56 bits per heavy atom. The molecule has 2 rings (SSSR count). The maximum atomic E-state index is 12.0. The first kappa shape index (κ1) is 13.5. The Labute approximate surface area is 112 Å². The molecule has 1 saturated carbocycles. The van der Waals surface area contributed by atoms with Crippen molar-refractivity contribution < 1.29 is 4.79 Å². The van der Waals surface area contributed by atoms with E-state index in [0.29, 0.717) is 6.54 Å². The fourth-order valence-electron chi connectivity index (χ4n) is 2.34. The zero-order chi connectivity index (χ0) is 13.0. The van der Waals surface area contributed by atoms with Crippen LogP contribution in [0.3, 0.4) is 0 Å². The third-order valence-electron chi connectivity index (χ3n) is 3.52. The fourth-order valence-corrected chi connectivity index (χ4v) is 3.12. The van der Waals surface area contributed by atoms with Gasteiger partial charge in [0.25, 0.3) is 0 Å². The summed E-state index contributed by atoms with van der Waals surface area (Å²) in [6, 6.07) is 0. The maximum absolute atomic E-state index is 12.0. The molecule has 0 aliphatic heterocycles. The van der Waals surface area contributed by atoms with Gasteiger partial charge in [0.2, 0.25) is 5.91 Å². The van der Waals surface area contributed by atoms with E-state index in [2.05, 4.69) is 22.6 Å². The molecule has 1 aromatic rings. The van der Waals surface area contributed by atoms with Gasteiger partial charge in [-0.05, 0) is 19.3 Å². The van der Waals surface area contributed by atoms with Crippen molar-refractivity contribution in [2.75, 3.05) is 6.54 Å². The molecule has 3 N–H and O–H groups in total. The predicted molar refractivity (Wildman–Crippen MR) is 73.6 cm³/mol. The van der Waals surface area contributed by atoms with Crippen LogP contribution in [0.15, 0.2) is 5.38 Å². The van der Waals surface area contributed by atoms with Crippen molar-refractivity contribution in [3.8, 4) is 0 Å². The zero-order valence-corrected chi connectivity index (χ0v) is 11.7. The molecular weight excluding hydrogens is 246 g/mol. The average molecular weight is 267 g/mol. The minimum absolute atomic E-state index is 0.00550. The van der Waals surface area contributed by atoms with Gasteiger partial charge in [-0.1, -0.05) is 19.8 Å². The molecule has 0 unspecified atom stereocenters. The standard InChI is InChI=1S/C13H21N3OS/c1-2-11-16-10(9-18-11)5-8-15-12(17)13(14)6-3-4-7-13/h9H,2-8,14H2,1H3,(H,15,17). The van der Waals surface area contributed by atoms with Crippen LogP contribution >= 0.6 is 11.3 Å². The van der Waals surface area contributed by atoms with Crippen LogP contribution in [0.5, 0.6) is 0 Å². The van der Waals surface area contributed by atoms with Gasteiger partial charge in [-0.2, -0.15) is 0 Å². The number of carbonyl (C=O) groups excluding carboxylic acids is 1. The Morgan fingerprint density at radius 2 is 2.28 bits per heavy atom. The van der Waals surface area contributed by atoms with Gasteiger partial charge in [0.15, 0.2) is 0 Å². The van der Waals surface area contributed by atoms with Crippen LogP contribution in [0, 0.1) is 0 Å². The second kappa shape index (κ2) is 5.80. The third kappa shape index (κ3) is 3.09. The van der Waals surface area contributed by atoms with Gasteiger partial charge < -0.3 is 11.1 Å². The lowest BCUT2D eigenvalue weighted by Crippen LogP contribution is -2.52. The minimum atomic E-state index is -0.614. The van der Waals surface area contributed by atoms with Gasteiger partial charge in [-0.15, -0.1) is 11.3 Å². The van der Waals surface area contributed by atoms with Crippen molar-refractivity contribution in [2.24, 2.45) is 5.73 Å². The third-order valence-corrected chi connectivity index (χ3v) is 4.56. The van der Waals surface area contributed by atoms with Gasteiger partial charge in [0, 0.05) is 18.3 Å². The fraction of sp³-hybridized carbons (Fsp3) is 0.692.